The number of benzene rings is 1. The molecule has 0 saturated carbocycles. The SMILES string of the molecule is CCn1ccnc1C(=O)c1ccc(N)c(Cl)c1. The Morgan fingerprint density at radius 1 is 1.53 bits per heavy atom. The van der Waals surface area contributed by atoms with Crippen LogP contribution >= 0.6 is 11.6 Å². The van der Waals surface area contributed by atoms with Crippen molar-refractivity contribution in [2.24, 2.45) is 0 Å². The number of carbonyl (C=O) groups is 1. The van der Waals surface area contributed by atoms with Crippen molar-refractivity contribution in [2.75, 3.05) is 5.73 Å². The van der Waals surface area contributed by atoms with Gasteiger partial charge in [-0.2, -0.15) is 0 Å². The van der Waals surface area contributed by atoms with Crippen molar-refractivity contribution in [2.45, 2.75) is 13.5 Å². The molecule has 0 bridgehead atoms. The third-order valence-electron chi connectivity index (χ3n) is 2.52. The number of hydrogen-bond acceptors (Lipinski definition) is 3. The Morgan fingerprint density at radius 2 is 2.29 bits per heavy atom. The Bertz CT molecular complexity index is 563. The highest BCUT2D eigenvalue weighted by Gasteiger charge is 2.15. The normalized spacial score (nSPS) is 10.5. The summed E-state index contributed by atoms with van der Waals surface area (Å²) < 4.78 is 1.78. The Labute approximate surface area is 104 Å². The molecule has 2 N–H and O–H groups in total. The molecule has 0 amide bonds. The van der Waals surface area contributed by atoms with Gasteiger partial charge in [-0.1, -0.05) is 11.6 Å². The lowest BCUT2D eigenvalue weighted by molar-refractivity contribution is 0.102. The highest BCUT2D eigenvalue weighted by molar-refractivity contribution is 6.33. The van der Waals surface area contributed by atoms with E-state index in [9.17, 15) is 4.79 Å². The number of rotatable bonds is 3. The number of ketones is 1. The molecule has 0 aliphatic carbocycles. The summed E-state index contributed by atoms with van der Waals surface area (Å²) in [7, 11) is 0. The lowest BCUT2D eigenvalue weighted by Gasteiger charge is -2.05. The van der Waals surface area contributed by atoms with Crippen molar-refractivity contribution in [3.63, 3.8) is 0 Å². The zero-order chi connectivity index (χ0) is 12.4. The second-order valence-corrected chi connectivity index (χ2v) is 4.01. The standard InChI is InChI=1S/C12H12ClN3O/c1-2-16-6-5-15-12(16)11(17)8-3-4-10(14)9(13)7-8/h3-7H,2,14H2,1H3. The van der Waals surface area contributed by atoms with E-state index >= 15 is 0 Å². The van der Waals surface area contributed by atoms with E-state index in [0.29, 0.717) is 28.6 Å². The quantitative estimate of drug-likeness (QED) is 0.671. The van der Waals surface area contributed by atoms with Gasteiger partial charge >= 0.3 is 0 Å². The summed E-state index contributed by atoms with van der Waals surface area (Å²) in [4.78, 5) is 16.2. The monoisotopic (exact) mass is 249 g/mol. The van der Waals surface area contributed by atoms with E-state index in [0.717, 1.165) is 0 Å². The van der Waals surface area contributed by atoms with Crippen LogP contribution in [0.15, 0.2) is 30.6 Å². The van der Waals surface area contributed by atoms with Crippen LogP contribution in [0.3, 0.4) is 0 Å². The van der Waals surface area contributed by atoms with Crippen molar-refractivity contribution in [1.82, 2.24) is 9.55 Å². The predicted octanol–water partition coefficient (Wildman–Crippen LogP) is 2.37. The summed E-state index contributed by atoms with van der Waals surface area (Å²) in [6.45, 7) is 2.65. The number of anilines is 1. The molecule has 5 heteroatoms. The van der Waals surface area contributed by atoms with Crippen molar-refractivity contribution in [1.29, 1.82) is 0 Å². The molecule has 1 heterocycles. The summed E-state index contributed by atoms with van der Waals surface area (Å²) in [5, 5.41) is 0.380. The average Bonchev–Trinajstić information content (AvgIpc) is 2.80. The van der Waals surface area contributed by atoms with Crippen LogP contribution < -0.4 is 5.73 Å². The molecule has 0 fully saturated rings. The molecular weight excluding hydrogens is 238 g/mol. The summed E-state index contributed by atoms with van der Waals surface area (Å²) in [6.07, 6.45) is 3.38. The fraction of sp³-hybridized carbons (Fsp3) is 0.167. The van der Waals surface area contributed by atoms with Crippen LogP contribution in [0.1, 0.15) is 23.1 Å². The lowest BCUT2D eigenvalue weighted by atomic mass is 10.1. The van der Waals surface area contributed by atoms with Gasteiger partial charge < -0.3 is 10.3 Å². The fourth-order valence-corrected chi connectivity index (χ4v) is 1.75. The summed E-state index contributed by atoms with van der Waals surface area (Å²) in [5.41, 5.74) is 6.55. The first-order chi connectivity index (χ1) is 8.13. The lowest BCUT2D eigenvalue weighted by Crippen LogP contribution is -2.10. The molecule has 2 aromatic rings. The molecule has 0 radical (unpaired) electrons. The largest absolute Gasteiger partial charge is 0.398 e. The van der Waals surface area contributed by atoms with Gasteiger partial charge in [0.1, 0.15) is 0 Å². The maximum Gasteiger partial charge on any atom is 0.228 e. The summed E-state index contributed by atoms with van der Waals surface area (Å²) in [6, 6.07) is 4.83. The van der Waals surface area contributed by atoms with E-state index in [1.165, 1.54) is 0 Å². The molecule has 0 saturated heterocycles. The van der Waals surface area contributed by atoms with E-state index in [4.69, 9.17) is 17.3 Å². The van der Waals surface area contributed by atoms with Crippen LogP contribution in [0.2, 0.25) is 5.02 Å². The van der Waals surface area contributed by atoms with Crippen LogP contribution in [-0.4, -0.2) is 15.3 Å². The van der Waals surface area contributed by atoms with Crippen LogP contribution in [-0.2, 0) is 6.54 Å². The molecule has 4 nitrogen and oxygen atoms in total. The molecule has 1 aromatic heterocycles. The number of nitrogens with zero attached hydrogens (tertiary/aromatic N) is 2. The van der Waals surface area contributed by atoms with Crippen molar-refractivity contribution in [3.05, 3.63) is 47.0 Å². The topological polar surface area (TPSA) is 60.9 Å². The Balaban J connectivity index is 2.40. The number of hydrogen-bond donors (Lipinski definition) is 1. The van der Waals surface area contributed by atoms with E-state index < -0.39 is 0 Å². The van der Waals surface area contributed by atoms with Crippen molar-refractivity contribution in [3.8, 4) is 0 Å². The molecule has 0 aliphatic rings. The third kappa shape index (κ3) is 2.17. The number of carbonyl (C=O) groups excluding carboxylic acids is 1. The maximum absolute atomic E-state index is 12.2. The molecule has 0 spiro atoms. The van der Waals surface area contributed by atoms with Gasteiger partial charge in [-0.25, -0.2) is 4.98 Å². The molecular formula is C12H12ClN3O. The summed E-state index contributed by atoms with van der Waals surface area (Å²) >= 11 is 5.89. The van der Waals surface area contributed by atoms with E-state index in [1.807, 2.05) is 6.92 Å². The van der Waals surface area contributed by atoms with Gasteiger partial charge in [-0.05, 0) is 25.1 Å². The Morgan fingerprint density at radius 3 is 2.94 bits per heavy atom. The highest BCUT2D eigenvalue weighted by atomic mass is 35.5. The van der Waals surface area contributed by atoms with Gasteiger partial charge in [0.2, 0.25) is 5.78 Å². The maximum atomic E-state index is 12.2. The minimum atomic E-state index is -0.154. The summed E-state index contributed by atoms with van der Waals surface area (Å²) in [5.74, 6) is 0.257. The predicted molar refractivity (Wildman–Crippen MR) is 67.2 cm³/mol. The minimum Gasteiger partial charge on any atom is -0.398 e. The van der Waals surface area contributed by atoms with E-state index in [2.05, 4.69) is 4.98 Å². The van der Waals surface area contributed by atoms with Crippen LogP contribution in [0, 0.1) is 0 Å². The molecule has 0 atom stereocenters. The van der Waals surface area contributed by atoms with Crippen molar-refractivity contribution < 1.29 is 4.79 Å². The fourth-order valence-electron chi connectivity index (χ4n) is 1.57. The van der Waals surface area contributed by atoms with Crippen LogP contribution in [0.4, 0.5) is 5.69 Å². The Kier molecular flexibility index (Phi) is 3.15. The number of halogens is 1. The number of nitrogens with two attached hydrogens (primary N) is 1. The molecule has 88 valence electrons. The van der Waals surface area contributed by atoms with Gasteiger partial charge in [0.25, 0.3) is 0 Å². The highest BCUT2D eigenvalue weighted by Crippen LogP contribution is 2.21. The zero-order valence-corrected chi connectivity index (χ0v) is 10.1. The number of aryl methyl sites for hydroxylation is 1. The second-order valence-electron chi connectivity index (χ2n) is 3.60. The van der Waals surface area contributed by atoms with Gasteiger partial charge in [-0.15, -0.1) is 0 Å². The number of imidazole rings is 1. The molecule has 1 aromatic carbocycles. The van der Waals surface area contributed by atoms with Gasteiger partial charge in [-0.3, -0.25) is 4.79 Å². The first kappa shape index (κ1) is 11.7. The van der Waals surface area contributed by atoms with Gasteiger partial charge in [0, 0.05) is 24.5 Å². The zero-order valence-electron chi connectivity index (χ0n) is 9.35. The number of aromatic nitrogens is 2. The third-order valence-corrected chi connectivity index (χ3v) is 2.85. The van der Waals surface area contributed by atoms with Crippen LogP contribution in [0.25, 0.3) is 0 Å². The molecule has 0 unspecified atom stereocenters. The first-order valence-corrected chi connectivity index (χ1v) is 5.62. The molecule has 0 aliphatic heterocycles. The molecule has 2 rings (SSSR count). The van der Waals surface area contributed by atoms with Crippen LogP contribution in [0.5, 0.6) is 0 Å². The second kappa shape index (κ2) is 4.59. The van der Waals surface area contributed by atoms with Crippen molar-refractivity contribution >= 4 is 23.1 Å². The van der Waals surface area contributed by atoms with E-state index in [1.54, 1.807) is 35.2 Å². The first-order valence-electron chi connectivity index (χ1n) is 5.24. The Hall–Kier alpha value is -1.81. The molecule has 17 heavy (non-hydrogen) atoms. The van der Waals surface area contributed by atoms with E-state index in [-0.39, 0.29) is 5.78 Å². The smallest absolute Gasteiger partial charge is 0.228 e. The number of nitrogen functional groups attached to an aromatic ring is 1. The van der Waals surface area contributed by atoms with Gasteiger partial charge in [0.15, 0.2) is 5.82 Å². The average molecular weight is 250 g/mol. The minimum absolute atomic E-state index is 0.154. The van der Waals surface area contributed by atoms with Gasteiger partial charge in [0.05, 0.1) is 10.7 Å².